The molecule has 1 aliphatic heterocycles. The third-order valence-electron chi connectivity index (χ3n) is 2.95. The van der Waals surface area contributed by atoms with Crippen molar-refractivity contribution in [3.8, 4) is 0 Å². The summed E-state index contributed by atoms with van der Waals surface area (Å²) >= 11 is 0. The van der Waals surface area contributed by atoms with Crippen LogP contribution in [0, 0.1) is 5.82 Å². The second-order valence-corrected chi connectivity index (χ2v) is 4.19. The molecule has 4 nitrogen and oxygen atoms in total. The molecule has 1 unspecified atom stereocenters. The van der Waals surface area contributed by atoms with Gasteiger partial charge in [-0.1, -0.05) is 0 Å². The van der Waals surface area contributed by atoms with Gasteiger partial charge in [-0.3, -0.25) is 4.79 Å². The molecule has 0 bridgehead atoms. The highest BCUT2D eigenvalue weighted by Crippen LogP contribution is 2.10. The molecule has 5 heteroatoms. The molecule has 0 aliphatic carbocycles. The minimum absolute atomic E-state index is 0.114. The Labute approximate surface area is 105 Å². The molecular weight excluding hydrogens is 237 g/mol. The number of ether oxygens (including phenoxy) is 2. The average Bonchev–Trinajstić information content (AvgIpc) is 2.64. The van der Waals surface area contributed by atoms with Gasteiger partial charge < -0.3 is 14.4 Å². The molecule has 0 aromatic heterocycles. The highest BCUT2D eigenvalue weighted by atomic mass is 19.1. The summed E-state index contributed by atoms with van der Waals surface area (Å²) in [6.45, 7) is 2.00. The van der Waals surface area contributed by atoms with Crippen LogP contribution in [0.3, 0.4) is 0 Å². The van der Waals surface area contributed by atoms with E-state index in [0.717, 1.165) is 0 Å². The average molecular weight is 253 g/mol. The van der Waals surface area contributed by atoms with E-state index in [9.17, 15) is 9.18 Å². The molecule has 1 amide bonds. The van der Waals surface area contributed by atoms with Crippen LogP contribution in [0.2, 0.25) is 0 Å². The zero-order valence-electron chi connectivity index (χ0n) is 10.3. The van der Waals surface area contributed by atoms with Crippen LogP contribution in [0.15, 0.2) is 24.3 Å². The van der Waals surface area contributed by atoms with E-state index >= 15 is 0 Å². The van der Waals surface area contributed by atoms with E-state index in [4.69, 9.17) is 9.47 Å². The fraction of sp³-hybridized carbons (Fsp3) is 0.462. The molecule has 1 saturated heterocycles. The first-order chi connectivity index (χ1) is 8.70. The summed E-state index contributed by atoms with van der Waals surface area (Å²) in [6, 6.07) is 5.56. The Morgan fingerprint density at radius 2 is 2.17 bits per heavy atom. The van der Waals surface area contributed by atoms with Crippen molar-refractivity contribution in [2.45, 2.75) is 6.10 Å². The molecule has 1 heterocycles. The van der Waals surface area contributed by atoms with Crippen molar-refractivity contribution in [1.29, 1.82) is 0 Å². The molecule has 98 valence electrons. The van der Waals surface area contributed by atoms with Crippen LogP contribution in [0.1, 0.15) is 10.4 Å². The molecule has 0 N–H and O–H groups in total. The second-order valence-electron chi connectivity index (χ2n) is 4.19. The van der Waals surface area contributed by atoms with Crippen LogP contribution in [0.5, 0.6) is 0 Å². The van der Waals surface area contributed by atoms with E-state index < -0.39 is 0 Å². The Balaban J connectivity index is 2.09. The van der Waals surface area contributed by atoms with Crippen molar-refractivity contribution < 1.29 is 18.7 Å². The predicted molar refractivity (Wildman–Crippen MR) is 63.9 cm³/mol. The monoisotopic (exact) mass is 253 g/mol. The molecule has 0 radical (unpaired) electrons. The van der Waals surface area contributed by atoms with E-state index in [1.807, 2.05) is 0 Å². The van der Waals surface area contributed by atoms with Gasteiger partial charge in [-0.15, -0.1) is 0 Å². The van der Waals surface area contributed by atoms with Crippen molar-refractivity contribution in [3.63, 3.8) is 0 Å². The summed E-state index contributed by atoms with van der Waals surface area (Å²) in [5.41, 5.74) is 0.480. The number of benzene rings is 1. The standard InChI is InChI=1S/C13H16FNO3/c1-17-12-8-15(6-7-18-9-12)13(16)10-2-4-11(14)5-3-10/h2-5,12H,6-9H2,1H3. The molecule has 1 fully saturated rings. The maximum Gasteiger partial charge on any atom is 0.254 e. The maximum absolute atomic E-state index is 12.8. The predicted octanol–water partition coefficient (Wildman–Crippen LogP) is 1.31. The first kappa shape index (κ1) is 13.0. The lowest BCUT2D eigenvalue weighted by atomic mass is 10.2. The van der Waals surface area contributed by atoms with Crippen LogP contribution >= 0.6 is 0 Å². The summed E-state index contributed by atoms with van der Waals surface area (Å²) in [5, 5.41) is 0. The summed E-state index contributed by atoms with van der Waals surface area (Å²) in [7, 11) is 1.60. The number of rotatable bonds is 2. The van der Waals surface area contributed by atoms with Crippen LogP contribution < -0.4 is 0 Å². The topological polar surface area (TPSA) is 38.8 Å². The van der Waals surface area contributed by atoms with Crippen molar-refractivity contribution in [2.24, 2.45) is 0 Å². The van der Waals surface area contributed by atoms with Gasteiger partial charge in [-0.05, 0) is 24.3 Å². The van der Waals surface area contributed by atoms with Gasteiger partial charge in [0, 0.05) is 25.8 Å². The van der Waals surface area contributed by atoms with Crippen molar-refractivity contribution >= 4 is 5.91 Å². The molecular formula is C13H16FNO3. The van der Waals surface area contributed by atoms with Crippen LogP contribution in [0.4, 0.5) is 4.39 Å². The molecule has 0 spiro atoms. The lowest BCUT2D eigenvalue weighted by Crippen LogP contribution is -2.38. The van der Waals surface area contributed by atoms with E-state index in [2.05, 4.69) is 0 Å². The fourth-order valence-electron chi connectivity index (χ4n) is 1.88. The van der Waals surface area contributed by atoms with Crippen molar-refractivity contribution in [3.05, 3.63) is 35.6 Å². The number of amides is 1. The number of carbonyl (C=O) groups excluding carboxylic acids is 1. The number of carbonyl (C=O) groups is 1. The lowest BCUT2D eigenvalue weighted by Gasteiger charge is -2.22. The minimum atomic E-state index is -0.347. The third-order valence-corrected chi connectivity index (χ3v) is 2.95. The van der Waals surface area contributed by atoms with Gasteiger partial charge in [0.05, 0.1) is 19.3 Å². The Kier molecular flexibility index (Phi) is 4.28. The second kappa shape index (κ2) is 5.93. The summed E-state index contributed by atoms with van der Waals surface area (Å²) in [4.78, 5) is 13.9. The highest BCUT2D eigenvalue weighted by Gasteiger charge is 2.23. The van der Waals surface area contributed by atoms with Gasteiger partial charge in [0.1, 0.15) is 5.82 Å². The number of hydrogen-bond donors (Lipinski definition) is 0. The van der Waals surface area contributed by atoms with Crippen LogP contribution in [-0.4, -0.2) is 50.3 Å². The van der Waals surface area contributed by atoms with E-state index in [1.54, 1.807) is 12.0 Å². The molecule has 1 aliphatic rings. The normalized spacial score (nSPS) is 20.6. The third kappa shape index (κ3) is 3.05. The Morgan fingerprint density at radius 3 is 2.83 bits per heavy atom. The molecule has 18 heavy (non-hydrogen) atoms. The van der Waals surface area contributed by atoms with E-state index in [-0.39, 0.29) is 17.8 Å². The Bertz CT molecular complexity index is 407. The van der Waals surface area contributed by atoms with Gasteiger partial charge in [0.15, 0.2) is 0 Å². The van der Waals surface area contributed by atoms with Crippen molar-refractivity contribution in [1.82, 2.24) is 4.90 Å². The summed E-state index contributed by atoms with van der Waals surface area (Å²) in [6.07, 6.45) is -0.114. The molecule has 0 saturated carbocycles. The quantitative estimate of drug-likeness (QED) is 0.797. The minimum Gasteiger partial charge on any atom is -0.377 e. The Hall–Kier alpha value is -1.46. The fourth-order valence-corrected chi connectivity index (χ4v) is 1.88. The van der Waals surface area contributed by atoms with Gasteiger partial charge in [0.2, 0.25) is 0 Å². The van der Waals surface area contributed by atoms with Crippen LogP contribution in [0.25, 0.3) is 0 Å². The highest BCUT2D eigenvalue weighted by molar-refractivity contribution is 5.94. The smallest absolute Gasteiger partial charge is 0.254 e. The van der Waals surface area contributed by atoms with Gasteiger partial charge in [-0.2, -0.15) is 0 Å². The van der Waals surface area contributed by atoms with E-state index in [0.29, 0.717) is 31.9 Å². The maximum atomic E-state index is 12.8. The Morgan fingerprint density at radius 1 is 1.44 bits per heavy atom. The zero-order valence-corrected chi connectivity index (χ0v) is 10.3. The van der Waals surface area contributed by atoms with Gasteiger partial charge in [0.25, 0.3) is 5.91 Å². The number of nitrogens with zero attached hydrogens (tertiary/aromatic N) is 1. The van der Waals surface area contributed by atoms with E-state index in [1.165, 1.54) is 24.3 Å². The van der Waals surface area contributed by atoms with Crippen molar-refractivity contribution in [2.75, 3.05) is 33.4 Å². The summed E-state index contributed by atoms with van der Waals surface area (Å²) < 4.78 is 23.4. The first-order valence-corrected chi connectivity index (χ1v) is 5.86. The molecule has 1 aromatic carbocycles. The van der Waals surface area contributed by atoms with Crippen LogP contribution in [-0.2, 0) is 9.47 Å². The molecule has 2 rings (SSSR count). The number of methoxy groups -OCH3 is 1. The lowest BCUT2D eigenvalue weighted by molar-refractivity contribution is 0.0225. The van der Waals surface area contributed by atoms with Gasteiger partial charge >= 0.3 is 0 Å². The molecule has 1 aromatic rings. The van der Waals surface area contributed by atoms with Gasteiger partial charge in [-0.25, -0.2) is 4.39 Å². The first-order valence-electron chi connectivity index (χ1n) is 5.86. The number of hydrogen-bond acceptors (Lipinski definition) is 3. The molecule has 1 atom stereocenters. The summed E-state index contributed by atoms with van der Waals surface area (Å²) in [5.74, 6) is -0.469. The SMILES string of the molecule is COC1COCCN(C(=O)c2ccc(F)cc2)C1. The zero-order chi connectivity index (χ0) is 13.0. The number of halogens is 1. The largest absolute Gasteiger partial charge is 0.377 e.